The molecule has 1 aliphatic rings. The van der Waals surface area contributed by atoms with Gasteiger partial charge in [0.15, 0.2) is 11.5 Å². The van der Waals surface area contributed by atoms with Gasteiger partial charge in [-0.25, -0.2) is 14.4 Å². The maximum atomic E-state index is 13.0. The van der Waals surface area contributed by atoms with Gasteiger partial charge in [0.05, 0.1) is 18.0 Å². The van der Waals surface area contributed by atoms with Crippen molar-refractivity contribution >= 4 is 17.5 Å². The minimum absolute atomic E-state index is 0.0479. The van der Waals surface area contributed by atoms with Crippen molar-refractivity contribution in [2.24, 2.45) is 0 Å². The lowest BCUT2D eigenvalue weighted by atomic mass is 10.0. The monoisotopic (exact) mass is 354 g/mol. The summed E-state index contributed by atoms with van der Waals surface area (Å²) in [5.74, 6) is 0.501. The first-order valence-electron chi connectivity index (χ1n) is 8.65. The Morgan fingerprint density at radius 3 is 2.73 bits per heavy atom. The van der Waals surface area contributed by atoms with E-state index in [-0.39, 0.29) is 17.8 Å². The molecule has 0 saturated carbocycles. The Morgan fingerprint density at radius 1 is 1.31 bits per heavy atom. The van der Waals surface area contributed by atoms with Crippen LogP contribution >= 0.6 is 0 Å². The third-order valence-electron chi connectivity index (χ3n) is 4.78. The number of anilines is 1. The molecule has 26 heavy (non-hydrogen) atoms. The van der Waals surface area contributed by atoms with Crippen LogP contribution in [0.3, 0.4) is 0 Å². The van der Waals surface area contributed by atoms with Gasteiger partial charge in [-0.1, -0.05) is 20.8 Å². The van der Waals surface area contributed by atoms with Crippen LogP contribution in [0.15, 0.2) is 18.5 Å². The van der Waals surface area contributed by atoms with Crippen molar-refractivity contribution < 1.29 is 9.18 Å². The molecule has 0 bridgehead atoms. The molecule has 7 nitrogen and oxygen atoms in total. The van der Waals surface area contributed by atoms with Gasteiger partial charge in [-0.3, -0.25) is 14.5 Å². The second-order valence-corrected chi connectivity index (χ2v) is 6.95. The van der Waals surface area contributed by atoms with Gasteiger partial charge in [-0.05, 0) is 30.4 Å². The highest BCUT2D eigenvalue weighted by Crippen LogP contribution is 2.35. The van der Waals surface area contributed by atoms with Gasteiger partial charge in [-0.2, -0.15) is 0 Å². The minimum Gasteiger partial charge on any atom is -0.290 e. The highest BCUT2D eigenvalue weighted by atomic mass is 19.1. The molecule has 4 rings (SSSR count). The fourth-order valence-electron chi connectivity index (χ4n) is 3.45. The van der Waals surface area contributed by atoms with Crippen LogP contribution in [0.4, 0.5) is 10.3 Å². The molecule has 0 aromatic carbocycles. The molecule has 0 aliphatic heterocycles. The van der Waals surface area contributed by atoms with Crippen molar-refractivity contribution in [3.63, 3.8) is 0 Å². The smallest absolute Gasteiger partial charge is 0.261 e. The summed E-state index contributed by atoms with van der Waals surface area (Å²) in [5, 5.41) is 11.2. The molecule has 0 spiro atoms. The number of aromatic nitrogens is 5. The molecule has 1 atom stereocenters. The Hall–Kier alpha value is -2.90. The lowest BCUT2D eigenvalue weighted by Crippen LogP contribution is -2.17. The molecule has 134 valence electrons. The molecule has 1 N–H and O–H groups in total. The first-order valence-corrected chi connectivity index (χ1v) is 8.65. The van der Waals surface area contributed by atoms with Crippen LogP contribution in [0.2, 0.25) is 0 Å². The Balaban J connectivity index is 1.83. The number of hydrogen-bond donors (Lipinski definition) is 1. The molecule has 0 saturated heterocycles. The maximum absolute atomic E-state index is 13.0. The summed E-state index contributed by atoms with van der Waals surface area (Å²) >= 11 is 0. The fourth-order valence-corrected chi connectivity index (χ4v) is 3.45. The van der Waals surface area contributed by atoms with E-state index >= 15 is 0 Å². The van der Waals surface area contributed by atoms with Gasteiger partial charge in [0, 0.05) is 11.6 Å². The van der Waals surface area contributed by atoms with E-state index < -0.39 is 5.82 Å². The van der Waals surface area contributed by atoms with Crippen molar-refractivity contribution in [3.05, 3.63) is 46.9 Å². The molecule has 3 aromatic heterocycles. The molecule has 3 heterocycles. The van der Waals surface area contributed by atoms with Crippen LogP contribution in [0, 0.1) is 5.82 Å². The van der Waals surface area contributed by atoms with E-state index in [0.29, 0.717) is 17.1 Å². The number of nitrogens with one attached hydrogen (secondary N) is 1. The Kier molecular flexibility index (Phi) is 3.90. The van der Waals surface area contributed by atoms with E-state index in [0.717, 1.165) is 36.6 Å². The van der Waals surface area contributed by atoms with Crippen LogP contribution in [-0.4, -0.2) is 30.5 Å². The summed E-state index contributed by atoms with van der Waals surface area (Å²) in [5.41, 5.74) is 3.27. The molecule has 0 radical (unpaired) electrons. The van der Waals surface area contributed by atoms with E-state index in [1.807, 2.05) is 10.5 Å². The predicted molar refractivity (Wildman–Crippen MR) is 93.8 cm³/mol. The Morgan fingerprint density at radius 2 is 2.04 bits per heavy atom. The highest BCUT2D eigenvalue weighted by molar-refractivity contribution is 6.07. The van der Waals surface area contributed by atoms with Crippen LogP contribution in [0.5, 0.6) is 0 Å². The molecule has 1 amide bonds. The van der Waals surface area contributed by atoms with Crippen molar-refractivity contribution in [2.75, 3.05) is 5.32 Å². The average Bonchev–Trinajstić information content (AvgIpc) is 3.20. The van der Waals surface area contributed by atoms with Gasteiger partial charge < -0.3 is 0 Å². The summed E-state index contributed by atoms with van der Waals surface area (Å²) in [7, 11) is 0. The number of nitrogens with zero attached hydrogens (tertiary/aromatic N) is 5. The van der Waals surface area contributed by atoms with Gasteiger partial charge in [-0.15, -0.1) is 10.2 Å². The molecule has 3 aromatic rings. The number of pyridine rings is 1. The SMILES string of the molecule is CC(C)c1nnc2c(C(=O)Nc3ncc(F)cn3)cc3c(n12)CC[C@@H]3C. The van der Waals surface area contributed by atoms with Gasteiger partial charge in [0.25, 0.3) is 5.91 Å². The largest absolute Gasteiger partial charge is 0.290 e. The predicted octanol–water partition coefficient (Wildman–Crippen LogP) is 3.08. The van der Waals surface area contributed by atoms with Crippen molar-refractivity contribution in [2.45, 2.75) is 45.4 Å². The molecular weight excluding hydrogens is 335 g/mol. The van der Waals surface area contributed by atoms with Crippen molar-refractivity contribution in [1.82, 2.24) is 24.6 Å². The van der Waals surface area contributed by atoms with Crippen molar-refractivity contribution in [3.8, 4) is 0 Å². The van der Waals surface area contributed by atoms with E-state index in [9.17, 15) is 9.18 Å². The number of aryl methyl sites for hydroxylation is 1. The second kappa shape index (κ2) is 6.12. The number of carbonyl (C=O) groups is 1. The number of hydrogen-bond acceptors (Lipinski definition) is 5. The van der Waals surface area contributed by atoms with E-state index in [1.54, 1.807) is 0 Å². The Bertz CT molecular complexity index is 995. The number of rotatable bonds is 3. The zero-order valence-corrected chi connectivity index (χ0v) is 14.8. The van der Waals surface area contributed by atoms with Crippen LogP contribution in [-0.2, 0) is 6.42 Å². The van der Waals surface area contributed by atoms with E-state index in [4.69, 9.17) is 0 Å². The number of fused-ring (bicyclic) bond motifs is 3. The summed E-state index contributed by atoms with van der Waals surface area (Å²) in [6, 6.07) is 1.89. The number of amides is 1. The van der Waals surface area contributed by atoms with E-state index in [2.05, 4.69) is 46.3 Å². The molecule has 0 fully saturated rings. The van der Waals surface area contributed by atoms with Gasteiger partial charge >= 0.3 is 0 Å². The summed E-state index contributed by atoms with van der Waals surface area (Å²) < 4.78 is 15.0. The van der Waals surface area contributed by atoms with Gasteiger partial charge in [0.2, 0.25) is 5.95 Å². The quantitative estimate of drug-likeness (QED) is 0.781. The molecule has 0 unspecified atom stereocenters. The molecule has 1 aliphatic carbocycles. The third kappa shape index (κ3) is 2.61. The highest BCUT2D eigenvalue weighted by Gasteiger charge is 2.28. The van der Waals surface area contributed by atoms with E-state index in [1.165, 1.54) is 5.69 Å². The number of carbonyl (C=O) groups excluding carboxylic acids is 1. The average molecular weight is 354 g/mol. The summed E-state index contributed by atoms with van der Waals surface area (Å²) in [6.45, 7) is 6.27. The topological polar surface area (TPSA) is 85.1 Å². The first kappa shape index (κ1) is 16.6. The van der Waals surface area contributed by atoms with Crippen LogP contribution in [0.25, 0.3) is 5.65 Å². The molecule has 8 heteroatoms. The lowest BCUT2D eigenvalue weighted by Gasteiger charge is -2.13. The normalized spacial score (nSPS) is 16.3. The van der Waals surface area contributed by atoms with Gasteiger partial charge in [0.1, 0.15) is 5.82 Å². The van der Waals surface area contributed by atoms with Crippen molar-refractivity contribution in [1.29, 1.82) is 0 Å². The minimum atomic E-state index is -0.559. The fraction of sp³-hybridized carbons (Fsp3) is 0.389. The zero-order valence-electron chi connectivity index (χ0n) is 14.8. The van der Waals surface area contributed by atoms with Crippen LogP contribution in [0.1, 0.15) is 66.5 Å². The lowest BCUT2D eigenvalue weighted by molar-refractivity contribution is 0.102. The van der Waals surface area contributed by atoms with Crippen LogP contribution < -0.4 is 5.32 Å². The first-order chi connectivity index (χ1) is 12.5. The summed E-state index contributed by atoms with van der Waals surface area (Å²) in [6.07, 6.45) is 3.99. The second-order valence-electron chi connectivity index (χ2n) is 6.95. The maximum Gasteiger partial charge on any atom is 0.261 e. The zero-order chi connectivity index (χ0) is 18.4. The Labute approximate surface area is 149 Å². The molecular formula is C18H19FN6O. The summed E-state index contributed by atoms with van der Waals surface area (Å²) in [4.78, 5) is 20.4. The standard InChI is InChI=1S/C18H19FN6O/c1-9(2)15-23-24-16-13(6-12-10(3)4-5-14(12)25(15)16)17(26)22-18-20-7-11(19)8-21-18/h6-10H,4-5H2,1-3H3,(H,20,21,22,26)/t10-/m0/s1. The third-order valence-corrected chi connectivity index (χ3v) is 4.78. The number of halogens is 1.